The summed E-state index contributed by atoms with van der Waals surface area (Å²) in [7, 11) is 0. The van der Waals surface area contributed by atoms with Crippen LogP contribution in [-0.4, -0.2) is 39.3 Å². The van der Waals surface area contributed by atoms with E-state index in [-0.39, 0.29) is 17.2 Å². The minimum atomic E-state index is -0.648. The lowest BCUT2D eigenvalue weighted by atomic mass is 9.98. The molecule has 1 fully saturated rings. The van der Waals surface area contributed by atoms with E-state index in [9.17, 15) is 13.6 Å². The number of aromatic nitrogens is 4. The number of rotatable bonds is 4. The average molecular weight is 436 g/mol. The summed E-state index contributed by atoms with van der Waals surface area (Å²) >= 11 is 0. The number of piperidine rings is 1. The number of nitrogens with one attached hydrogen (secondary N) is 4. The third-order valence-corrected chi connectivity index (χ3v) is 5.71. The van der Waals surface area contributed by atoms with Crippen LogP contribution >= 0.6 is 0 Å². The van der Waals surface area contributed by atoms with Crippen molar-refractivity contribution in [2.45, 2.75) is 19.4 Å². The summed E-state index contributed by atoms with van der Waals surface area (Å²) in [4.78, 5) is 19.6. The maximum atomic E-state index is 14.3. The Morgan fingerprint density at radius 2 is 1.91 bits per heavy atom. The summed E-state index contributed by atoms with van der Waals surface area (Å²) in [6, 6.07) is 10.2. The van der Waals surface area contributed by atoms with Crippen LogP contribution in [0.25, 0.3) is 33.4 Å². The van der Waals surface area contributed by atoms with Crippen LogP contribution in [0.5, 0.6) is 0 Å². The molecule has 7 nitrogen and oxygen atoms in total. The van der Waals surface area contributed by atoms with Crippen molar-refractivity contribution in [3.05, 3.63) is 64.5 Å². The molecule has 3 heterocycles. The van der Waals surface area contributed by atoms with Crippen LogP contribution in [0.2, 0.25) is 0 Å². The Labute approximate surface area is 182 Å². The molecule has 0 amide bonds. The van der Waals surface area contributed by atoms with Crippen LogP contribution < -0.4 is 16.2 Å². The monoisotopic (exact) mass is 436 g/mol. The number of hydrogen-bond acceptors (Lipinski definition) is 5. The van der Waals surface area contributed by atoms with Gasteiger partial charge in [-0.25, -0.2) is 13.8 Å². The van der Waals surface area contributed by atoms with E-state index in [1.807, 2.05) is 0 Å². The Balaban J connectivity index is 1.55. The molecule has 5 rings (SSSR count). The molecule has 0 spiro atoms. The van der Waals surface area contributed by atoms with Gasteiger partial charge in [0.1, 0.15) is 23.0 Å². The van der Waals surface area contributed by atoms with E-state index in [0.29, 0.717) is 39.7 Å². The third kappa shape index (κ3) is 3.87. The van der Waals surface area contributed by atoms with Crippen LogP contribution in [0, 0.1) is 17.6 Å². The fraction of sp³-hybridized carbons (Fsp3) is 0.261. The van der Waals surface area contributed by atoms with Gasteiger partial charge >= 0.3 is 0 Å². The molecule has 0 saturated carbocycles. The predicted molar refractivity (Wildman–Crippen MR) is 119 cm³/mol. The normalized spacial score (nSPS) is 18.7. The van der Waals surface area contributed by atoms with Gasteiger partial charge in [0.2, 0.25) is 5.95 Å². The van der Waals surface area contributed by atoms with Crippen molar-refractivity contribution in [3.63, 3.8) is 0 Å². The number of anilines is 1. The van der Waals surface area contributed by atoms with E-state index >= 15 is 0 Å². The number of H-pyrrole nitrogens is 2. The average Bonchev–Trinajstić information content (AvgIpc) is 3.17. The van der Waals surface area contributed by atoms with Gasteiger partial charge < -0.3 is 10.6 Å². The van der Waals surface area contributed by atoms with Gasteiger partial charge in [-0.1, -0.05) is 19.1 Å². The number of aromatic amines is 2. The second-order valence-corrected chi connectivity index (χ2v) is 8.25. The molecule has 0 unspecified atom stereocenters. The Morgan fingerprint density at radius 1 is 1.09 bits per heavy atom. The lowest BCUT2D eigenvalue weighted by Crippen LogP contribution is -2.42. The van der Waals surface area contributed by atoms with E-state index in [1.165, 1.54) is 24.3 Å². The first-order valence-corrected chi connectivity index (χ1v) is 10.5. The zero-order valence-corrected chi connectivity index (χ0v) is 17.4. The fourth-order valence-electron chi connectivity index (χ4n) is 4.25. The lowest BCUT2D eigenvalue weighted by molar-refractivity contribution is 0.377. The van der Waals surface area contributed by atoms with Crippen molar-refractivity contribution in [3.8, 4) is 22.5 Å². The zero-order valence-electron chi connectivity index (χ0n) is 17.4. The van der Waals surface area contributed by atoms with Gasteiger partial charge in [-0.15, -0.1) is 0 Å². The highest BCUT2D eigenvalue weighted by Crippen LogP contribution is 2.32. The SMILES string of the molecule is C[C@H]1CNC[C@H](Nc2nc(-c3n[nH]c4ccc(-c5c(F)cccc5F)cc34)cc(=O)[nH]2)C1. The van der Waals surface area contributed by atoms with E-state index in [2.05, 4.69) is 37.7 Å². The standard InChI is InChI=1S/C23H22F2N6O/c1-12-7-14(11-26-10-12)27-23-28-19(9-20(32)29-23)22-15-8-13(5-6-18(15)30-31-22)21-16(24)3-2-4-17(21)25/h2-6,8-9,12,14,26H,7,10-11H2,1H3,(H,30,31)(H2,27,28,29,32)/t12-,14-/m1/s1. The number of fused-ring (bicyclic) bond motifs is 1. The van der Waals surface area contributed by atoms with Gasteiger partial charge in [0.15, 0.2) is 0 Å². The smallest absolute Gasteiger partial charge is 0.252 e. The molecule has 1 aliphatic rings. The number of nitrogens with zero attached hydrogens (tertiary/aromatic N) is 2. The van der Waals surface area contributed by atoms with E-state index in [4.69, 9.17) is 0 Å². The Bertz CT molecular complexity index is 1330. The first kappa shape index (κ1) is 20.3. The van der Waals surface area contributed by atoms with Gasteiger partial charge in [-0.05, 0) is 48.7 Å². The predicted octanol–water partition coefficient (Wildman–Crippen LogP) is 3.67. The summed E-state index contributed by atoms with van der Waals surface area (Å²) in [6.07, 6.45) is 0.962. The van der Waals surface area contributed by atoms with Gasteiger partial charge in [-0.3, -0.25) is 14.9 Å². The van der Waals surface area contributed by atoms with Crippen LogP contribution in [-0.2, 0) is 0 Å². The van der Waals surface area contributed by atoms with Crippen molar-refractivity contribution < 1.29 is 8.78 Å². The highest BCUT2D eigenvalue weighted by molar-refractivity contribution is 5.95. The molecule has 2 atom stereocenters. The maximum Gasteiger partial charge on any atom is 0.252 e. The molecule has 4 aromatic rings. The van der Waals surface area contributed by atoms with Crippen LogP contribution in [0.15, 0.2) is 47.3 Å². The Hall–Kier alpha value is -3.59. The first-order chi connectivity index (χ1) is 15.5. The molecule has 1 saturated heterocycles. The molecule has 164 valence electrons. The first-order valence-electron chi connectivity index (χ1n) is 10.5. The summed E-state index contributed by atoms with van der Waals surface area (Å²) in [5, 5.41) is 14.5. The van der Waals surface area contributed by atoms with E-state index in [1.54, 1.807) is 18.2 Å². The Kier molecular flexibility index (Phi) is 5.18. The quantitative estimate of drug-likeness (QED) is 0.391. The van der Waals surface area contributed by atoms with Crippen molar-refractivity contribution >= 4 is 16.9 Å². The van der Waals surface area contributed by atoms with Crippen molar-refractivity contribution in [1.29, 1.82) is 0 Å². The van der Waals surface area contributed by atoms with Crippen molar-refractivity contribution in [2.24, 2.45) is 5.92 Å². The molecule has 4 N–H and O–H groups in total. The van der Waals surface area contributed by atoms with Gasteiger partial charge in [0.25, 0.3) is 5.56 Å². The summed E-state index contributed by atoms with van der Waals surface area (Å²) in [6.45, 7) is 3.91. The molecular formula is C23H22F2N6O. The second-order valence-electron chi connectivity index (χ2n) is 8.25. The second kappa shape index (κ2) is 8.16. The van der Waals surface area contributed by atoms with Crippen LogP contribution in [0.1, 0.15) is 13.3 Å². The van der Waals surface area contributed by atoms with Crippen LogP contribution in [0.4, 0.5) is 14.7 Å². The molecule has 0 bridgehead atoms. The minimum Gasteiger partial charge on any atom is -0.352 e. The minimum absolute atomic E-state index is 0.110. The largest absolute Gasteiger partial charge is 0.352 e. The number of halogens is 2. The third-order valence-electron chi connectivity index (χ3n) is 5.71. The zero-order chi connectivity index (χ0) is 22.2. The number of benzene rings is 2. The lowest BCUT2D eigenvalue weighted by Gasteiger charge is -2.28. The molecule has 1 aliphatic heterocycles. The van der Waals surface area contributed by atoms with E-state index in [0.717, 1.165) is 19.5 Å². The summed E-state index contributed by atoms with van der Waals surface area (Å²) in [5.41, 5.74) is 1.42. The van der Waals surface area contributed by atoms with Crippen molar-refractivity contribution in [1.82, 2.24) is 25.5 Å². The molecule has 2 aromatic heterocycles. The number of hydrogen-bond donors (Lipinski definition) is 4. The highest BCUT2D eigenvalue weighted by Gasteiger charge is 2.20. The Morgan fingerprint density at radius 3 is 2.69 bits per heavy atom. The molecule has 0 radical (unpaired) electrons. The molecule has 9 heteroatoms. The fourth-order valence-corrected chi connectivity index (χ4v) is 4.25. The van der Waals surface area contributed by atoms with E-state index < -0.39 is 11.6 Å². The summed E-state index contributed by atoms with van der Waals surface area (Å²) < 4.78 is 28.6. The highest BCUT2D eigenvalue weighted by atomic mass is 19.1. The van der Waals surface area contributed by atoms with Crippen LogP contribution in [0.3, 0.4) is 0 Å². The maximum absolute atomic E-state index is 14.3. The van der Waals surface area contributed by atoms with Gasteiger partial charge in [0.05, 0.1) is 11.1 Å². The molecular weight excluding hydrogens is 414 g/mol. The summed E-state index contributed by atoms with van der Waals surface area (Å²) in [5.74, 6) is -0.416. The molecule has 32 heavy (non-hydrogen) atoms. The molecule has 2 aromatic carbocycles. The topological polar surface area (TPSA) is 98.5 Å². The van der Waals surface area contributed by atoms with Gasteiger partial charge in [0, 0.05) is 24.0 Å². The van der Waals surface area contributed by atoms with Crippen molar-refractivity contribution in [2.75, 3.05) is 18.4 Å². The molecule has 0 aliphatic carbocycles. The van der Waals surface area contributed by atoms with Gasteiger partial charge in [-0.2, -0.15) is 5.10 Å².